The van der Waals surface area contributed by atoms with Gasteiger partial charge in [0.2, 0.25) is 10.0 Å². The smallest absolute Gasteiger partial charge is 0.324 e. The van der Waals surface area contributed by atoms with Crippen molar-refractivity contribution < 1.29 is 23.1 Å². The number of sulfonamides is 1. The van der Waals surface area contributed by atoms with E-state index in [-0.39, 0.29) is 22.9 Å². The number of azo groups is 1. The summed E-state index contributed by atoms with van der Waals surface area (Å²) in [7, 11) is -2.59. The lowest BCUT2D eigenvalue weighted by Crippen LogP contribution is -2.40. The molecule has 0 radical (unpaired) electrons. The third-order valence-corrected chi connectivity index (χ3v) is 6.66. The fourth-order valence-corrected chi connectivity index (χ4v) is 4.76. The second kappa shape index (κ2) is 8.18. The molecule has 1 atom stereocenters. The van der Waals surface area contributed by atoms with E-state index >= 15 is 0 Å². The molecule has 2 aromatic carbocycles. The van der Waals surface area contributed by atoms with Crippen molar-refractivity contribution in [2.24, 2.45) is 10.2 Å². The highest BCUT2D eigenvalue weighted by atomic mass is 32.2. The summed E-state index contributed by atoms with van der Waals surface area (Å²) in [5.74, 6) is -0.485. The Morgan fingerprint density at radius 3 is 2.59 bits per heavy atom. The Bertz CT molecular complexity index is 1050. The number of aromatic hydroxyl groups is 1. The molecule has 0 bridgehead atoms. The minimum atomic E-state index is -3.83. The van der Waals surface area contributed by atoms with E-state index in [1.165, 1.54) is 41.7 Å². The number of aryl methyl sites for hydroxylation is 1. The van der Waals surface area contributed by atoms with Gasteiger partial charge in [-0.05, 0) is 55.7 Å². The molecule has 1 saturated heterocycles. The van der Waals surface area contributed by atoms with Crippen LogP contribution in [0.15, 0.2) is 51.5 Å². The van der Waals surface area contributed by atoms with Gasteiger partial charge in [-0.25, -0.2) is 8.42 Å². The summed E-state index contributed by atoms with van der Waals surface area (Å²) < 4.78 is 31.7. The molecule has 1 aliphatic rings. The Morgan fingerprint density at radius 1 is 1.24 bits per heavy atom. The summed E-state index contributed by atoms with van der Waals surface area (Å²) in [5, 5.41) is 17.8. The molecule has 154 valence electrons. The first kappa shape index (κ1) is 20.7. The lowest BCUT2D eigenvalue weighted by atomic mass is 10.2. The summed E-state index contributed by atoms with van der Waals surface area (Å²) in [6.07, 6.45) is 1.03. The third kappa shape index (κ3) is 4.22. The Hall–Kier alpha value is -2.98. The number of anilines is 1. The van der Waals surface area contributed by atoms with Crippen LogP contribution >= 0.6 is 0 Å². The van der Waals surface area contributed by atoms with E-state index in [2.05, 4.69) is 10.2 Å². The summed E-state index contributed by atoms with van der Waals surface area (Å²) in [5.41, 5.74) is 7.53. The molecule has 9 nitrogen and oxygen atoms in total. The number of benzene rings is 2. The van der Waals surface area contributed by atoms with Gasteiger partial charge in [-0.1, -0.05) is 0 Å². The van der Waals surface area contributed by atoms with Gasteiger partial charge < -0.3 is 15.6 Å². The fraction of sp³-hybridized carbons (Fsp3) is 0.316. The first-order valence-corrected chi connectivity index (χ1v) is 10.4. The molecule has 0 aliphatic carbocycles. The number of carbonyl (C=O) groups is 1. The molecule has 1 aliphatic heterocycles. The van der Waals surface area contributed by atoms with Crippen LogP contribution in [-0.4, -0.2) is 43.5 Å². The van der Waals surface area contributed by atoms with E-state index in [4.69, 9.17) is 10.5 Å². The quantitative estimate of drug-likeness (QED) is 0.435. The Morgan fingerprint density at radius 2 is 1.93 bits per heavy atom. The second-order valence-electron chi connectivity index (χ2n) is 6.69. The number of esters is 1. The zero-order valence-electron chi connectivity index (χ0n) is 16.1. The number of phenols is 1. The molecule has 3 N–H and O–H groups in total. The van der Waals surface area contributed by atoms with Crippen LogP contribution in [0.5, 0.6) is 5.75 Å². The molecule has 3 rings (SSSR count). The van der Waals surface area contributed by atoms with Crippen LogP contribution in [0, 0.1) is 6.92 Å². The third-order valence-electron chi connectivity index (χ3n) is 4.74. The van der Waals surface area contributed by atoms with Crippen molar-refractivity contribution in [3.8, 4) is 5.75 Å². The predicted molar refractivity (Wildman–Crippen MR) is 107 cm³/mol. The van der Waals surface area contributed by atoms with Crippen molar-refractivity contribution >= 4 is 33.1 Å². The zero-order valence-corrected chi connectivity index (χ0v) is 16.9. The van der Waals surface area contributed by atoms with Gasteiger partial charge in [0.05, 0.1) is 23.4 Å². The number of carbonyl (C=O) groups excluding carboxylic acids is 1. The number of methoxy groups -OCH3 is 1. The van der Waals surface area contributed by atoms with Gasteiger partial charge in [-0.2, -0.15) is 9.42 Å². The van der Waals surface area contributed by atoms with Crippen LogP contribution in [0.1, 0.15) is 18.4 Å². The number of phenolic OH excluding ortho intramolecular Hbond substituents is 1. The highest BCUT2D eigenvalue weighted by Gasteiger charge is 2.40. The highest BCUT2D eigenvalue weighted by Crippen LogP contribution is 2.32. The van der Waals surface area contributed by atoms with Gasteiger partial charge in [0.1, 0.15) is 17.5 Å². The van der Waals surface area contributed by atoms with Crippen molar-refractivity contribution in [1.29, 1.82) is 0 Å². The summed E-state index contributed by atoms with van der Waals surface area (Å²) in [6, 6.07) is 8.07. The van der Waals surface area contributed by atoms with E-state index in [0.717, 1.165) is 0 Å². The van der Waals surface area contributed by atoms with Gasteiger partial charge in [0.15, 0.2) is 0 Å². The molecule has 2 aromatic rings. The zero-order chi connectivity index (χ0) is 21.2. The van der Waals surface area contributed by atoms with Gasteiger partial charge in [0.25, 0.3) is 0 Å². The Balaban J connectivity index is 1.81. The van der Waals surface area contributed by atoms with Gasteiger partial charge >= 0.3 is 5.97 Å². The minimum Gasteiger partial charge on any atom is -0.508 e. The first-order valence-electron chi connectivity index (χ1n) is 8.94. The van der Waals surface area contributed by atoms with E-state index in [1.54, 1.807) is 13.0 Å². The molecule has 0 spiro atoms. The second-order valence-corrected chi connectivity index (χ2v) is 8.58. The molecular formula is C19H22N4O5S. The van der Waals surface area contributed by atoms with Crippen LogP contribution in [0.3, 0.4) is 0 Å². The summed E-state index contributed by atoms with van der Waals surface area (Å²) in [4.78, 5) is 11.9. The van der Waals surface area contributed by atoms with Crippen molar-refractivity contribution in [3.63, 3.8) is 0 Å². The molecule has 29 heavy (non-hydrogen) atoms. The summed E-state index contributed by atoms with van der Waals surface area (Å²) >= 11 is 0. The van der Waals surface area contributed by atoms with Crippen molar-refractivity contribution in [3.05, 3.63) is 42.0 Å². The maximum atomic E-state index is 12.9. The van der Waals surface area contributed by atoms with Gasteiger partial charge in [0, 0.05) is 12.6 Å². The van der Waals surface area contributed by atoms with Crippen molar-refractivity contribution in [2.75, 3.05) is 19.4 Å². The van der Waals surface area contributed by atoms with Crippen LogP contribution in [0.2, 0.25) is 0 Å². The summed E-state index contributed by atoms with van der Waals surface area (Å²) in [6.45, 7) is 1.98. The number of rotatable bonds is 5. The van der Waals surface area contributed by atoms with Crippen molar-refractivity contribution in [1.82, 2.24) is 4.31 Å². The number of nitrogen functional groups attached to an aromatic ring is 1. The maximum Gasteiger partial charge on any atom is 0.324 e. The number of nitrogens with zero attached hydrogens (tertiary/aromatic N) is 3. The molecular weight excluding hydrogens is 396 g/mol. The van der Waals surface area contributed by atoms with Crippen LogP contribution in [0.4, 0.5) is 17.1 Å². The maximum absolute atomic E-state index is 12.9. The fourth-order valence-electron chi connectivity index (χ4n) is 3.12. The lowest BCUT2D eigenvalue weighted by Gasteiger charge is -2.22. The lowest BCUT2D eigenvalue weighted by molar-refractivity contribution is -0.144. The number of hydrogen-bond donors (Lipinski definition) is 2. The van der Waals surface area contributed by atoms with Crippen molar-refractivity contribution in [2.45, 2.75) is 30.7 Å². The van der Waals surface area contributed by atoms with E-state index < -0.39 is 22.0 Å². The molecule has 0 aromatic heterocycles. The average molecular weight is 418 g/mol. The van der Waals surface area contributed by atoms with E-state index in [0.29, 0.717) is 29.8 Å². The first-order chi connectivity index (χ1) is 13.7. The molecule has 0 amide bonds. The Labute approximate surface area is 168 Å². The molecule has 1 heterocycles. The molecule has 10 heteroatoms. The van der Waals surface area contributed by atoms with Crippen LogP contribution < -0.4 is 5.73 Å². The normalized spacial score (nSPS) is 17.7. The van der Waals surface area contributed by atoms with Gasteiger partial charge in [-0.3, -0.25) is 4.79 Å². The number of ether oxygens (including phenoxy) is 1. The predicted octanol–water partition coefficient (Wildman–Crippen LogP) is 3.02. The highest BCUT2D eigenvalue weighted by molar-refractivity contribution is 7.89. The number of nitrogens with two attached hydrogens (primary N) is 1. The topological polar surface area (TPSA) is 135 Å². The molecule has 0 unspecified atom stereocenters. The standard InChI is InChI=1S/C19H22N4O5S/c1-12-10-16(15(20)11-18(12)24)22-21-13-5-7-14(8-6-13)29(26,27)23-9-3-4-17(23)19(25)28-2/h5-8,10-11,17,24H,3-4,9,20H2,1-2H3/t17-/m0/s1. The largest absolute Gasteiger partial charge is 0.508 e. The van der Waals surface area contributed by atoms with Gasteiger partial charge in [-0.15, -0.1) is 5.11 Å². The molecule has 0 saturated carbocycles. The Kier molecular flexibility index (Phi) is 5.85. The minimum absolute atomic E-state index is 0.0623. The van der Waals surface area contributed by atoms with E-state index in [9.17, 15) is 18.3 Å². The number of hydrogen-bond acceptors (Lipinski definition) is 8. The molecule has 1 fully saturated rings. The SMILES string of the molecule is COC(=O)[C@@H]1CCCN1S(=O)(=O)c1ccc(N=Nc2cc(C)c(O)cc2N)cc1. The average Bonchev–Trinajstić information content (AvgIpc) is 3.20. The van der Waals surface area contributed by atoms with Crippen LogP contribution in [0.25, 0.3) is 0 Å². The van der Waals surface area contributed by atoms with E-state index in [1.807, 2.05) is 0 Å². The van der Waals surface area contributed by atoms with Crippen LogP contribution in [-0.2, 0) is 19.6 Å². The monoisotopic (exact) mass is 418 g/mol.